The quantitative estimate of drug-likeness (QED) is 0.814. The molecule has 3 atom stereocenters. The summed E-state index contributed by atoms with van der Waals surface area (Å²) in [5, 5.41) is 10.1. The molecule has 2 saturated heterocycles. The molecular weight excluding hydrogens is 378 g/mol. The number of amides is 1. The van der Waals surface area contributed by atoms with Gasteiger partial charge in [-0.05, 0) is 30.2 Å². The lowest BCUT2D eigenvalue weighted by Crippen LogP contribution is -2.38. The summed E-state index contributed by atoms with van der Waals surface area (Å²) in [5.74, 6) is 0.633. The van der Waals surface area contributed by atoms with E-state index in [-0.39, 0.29) is 29.5 Å². The van der Waals surface area contributed by atoms with Crippen LogP contribution in [0.5, 0.6) is 0 Å². The van der Waals surface area contributed by atoms with E-state index in [1.165, 1.54) is 6.20 Å². The van der Waals surface area contributed by atoms with Gasteiger partial charge in [0.25, 0.3) is 5.91 Å². The topological polar surface area (TPSA) is 99.3 Å². The van der Waals surface area contributed by atoms with Crippen molar-refractivity contribution in [3.05, 3.63) is 47.8 Å². The van der Waals surface area contributed by atoms with Crippen molar-refractivity contribution in [3.8, 4) is 0 Å². The summed E-state index contributed by atoms with van der Waals surface area (Å²) in [7, 11) is -3.31. The van der Waals surface area contributed by atoms with E-state index in [0.717, 1.165) is 18.4 Å². The van der Waals surface area contributed by atoms with Crippen molar-refractivity contribution < 1.29 is 13.2 Å². The molecule has 2 aromatic rings. The van der Waals surface area contributed by atoms with E-state index in [9.17, 15) is 13.2 Å². The lowest BCUT2D eigenvalue weighted by molar-refractivity contribution is 0.0768. The number of aromatic nitrogens is 3. The zero-order valence-electron chi connectivity index (χ0n) is 15.4. The number of carbonyl (C=O) groups is 1. The summed E-state index contributed by atoms with van der Waals surface area (Å²) in [6.45, 7) is 1.56. The monoisotopic (exact) mass is 401 g/mol. The molecule has 3 fully saturated rings. The third kappa shape index (κ3) is 3.12. The molecule has 1 aromatic heterocycles. The molecule has 3 aliphatic rings. The first-order valence-corrected chi connectivity index (χ1v) is 11.3. The SMILES string of the molecule is O=C(c1cn[nH]n1)N1C[C@H]2CN(S(=O)(=O)CC3CC3)[C@H](c3ccccc3)[C@H]2C1. The molecule has 1 aliphatic carbocycles. The number of aromatic amines is 1. The van der Waals surface area contributed by atoms with E-state index in [1.807, 2.05) is 30.3 Å². The predicted octanol–water partition coefficient (Wildman–Crippen LogP) is 1.29. The first-order valence-electron chi connectivity index (χ1n) is 9.72. The van der Waals surface area contributed by atoms with Crippen LogP contribution in [0.15, 0.2) is 36.5 Å². The van der Waals surface area contributed by atoms with Crippen LogP contribution >= 0.6 is 0 Å². The van der Waals surface area contributed by atoms with Gasteiger partial charge in [0.15, 0.2) is 5.69 Å². The second kappa shape index (κ2) is 6.66. The van der Waals surface area contributed by atoms with Crippen LogP contribution in [0.1, 0.15) is 34.9 Å². The van der Waals surface area contributed by atoms with E-state index in [1.54, 1.807) is 9.21 Å². The van der Waals surface area contributed by atoms with Crippen molar-refractivity contribution in [1.29, 1.82) is 0 Å². The summed E-state index contributed by atoms with van der Waals surface area (Å²) in [6, 6.07) is 9.60. The Morgan fingerprint density at radius 1 is 1.14 bits per heavy atom. The first-order chi connectivity index (χ1) is 13.5. The Morgan fingerprint density at radius 2 is 1.93 bits per heavy atom. The van der Waals surface area contributed by atoms with E-state index in [4.69, 9.17) is 0 Å². The molecule has 28 heavy (non-hydrogen) atoms. The Kier molecular flexibility index (Phi) is 4.24. The van der Waals surface area contributed by atoms with E-state index < -0.39 is 10.0 Å². The minimum atomic E-state index is -3.31. The fourth-order valence-corrected chi connectivity index (χ4v) is 6.83. The van der Waals surface area contributed by atoms with Crippen LogP contribution in [0.4, 0.5) is 0 Å². The molecule has 9 heteroatoms. The summed E-state index contributed by atoms with van der Waals surface area (Å²) in [5.41, 5.74) is 1.31. The molecule has 3 heterocycles. The van der Waals surface area contributed by atoms with Crippen LogP contribution in [0.3, 0.4) is 0 Å². The molecule has 1 aromatic carbocycles. The summed E-state index contributed by atoms with van der Waals surface area (Å²) in [6.07, 6.45) is 3.45. The van der Waals surface area contributed by atoms with Crippen LogP contribution in [0.2, 0.25) is 0 Å². The number of sulfonamides is 1. The van der Waals surface area contributed by atoms with Crippen LogP contribution in [-0.2, 0) is 10.0 Å². The lowest BCUT2D eigenvalue weighted by atomic mass is 9.90. The molecule has 0 spiro atoms. The van der Waals surface area contributed by atoms with Gasteiger partial charge >= 0.3 is 0 Å². The molecule has 2 aliphatic heterocycles. The number of H-pyrrole nitrogens is 1. The molecule has 0 unspecified atom stereocenters. The van der Waals surface area contributed by atoms with E-state index in [2.05, 4.69) is 15.4 Å². The minimum absolute atomic E-state index is 0.0900. The number of nitrogens with zero attached hydrogens (tertiary/aromatic N) is 4. The molecule has 1 saturated carbocycles. The van der Waals surface area contributed by atoms with Crippen molar-refractivity contribution in [1.82, 2.24) is 24.6 Å². The van der Waals surface area contributed by atoms with Gasteiger partial charge in [0, 0.05) is 25.6 Å². The Morgan fingerprint density at radius 3 is 2.61 bits per heavy atom. The molecule has 0 radical (unpaired) electrons. The van der Waals surface area contributed by atoms with Gasteiger partial charge in [0.2, 0.25) is 10.0 Å². The zero-order valence-corrected chi connectivity index (χ0v) is 16.3. The number of nitrogens with one attached hydrogen (secondary N) is 1. The molecule has 1 N–H and O–H groups in total. The second-order valence-electron chi connectivity index (χ2n) is 8.14. The molecule has 5 rings (SSSR count). The Hall–Kier alpha value is -2.26. The molecule has 0 bridgehead atoms. The van der Waals surface area contributed by atoms with Crippen molar-refractivity contribution >= 4 is 15.9 Å². The number of benzene rings is 1. The minimum Gasteiger partial charge on any atom is -0.336 e. The Bertz CT molecular complexity index is 959. The van der Waals surface area contributed by atoms with Gasteiger partial charge in [-0.25, -0.2) is 8.42 Å². The highest BCUT2D eigenvalue weighted by atomic mass is 32.2. The normalized spacial score (nSPS) is 27.9. The van der Waals surface area contributed by atoms with Crippen LogP contribution in [0, 0.1) is 17.8 Å². The Balaban J connectivity index is 1.43. The lowest BCUT2D eigenvalue weighted by Gasteiger charge is -2.29. The zero-order chi connectivity index (χ0) is 19.3. The average molecular weight is 401 g/mol. The maximum absolute atomic E-state index is 13.1. The highest BCUT2D eigenvalue weighted by Crippen LogP contribution is 2.47. The molecule has 1 amide bonds. The number of fused-ring (bicyclic) bond motifs is 1. The maximum atomic E-state index is 13.1. The highest BCUT2D eigenvalue weighted by molar-refractivity contribution is 7.89. The van der Waals surface area contributed by atoms with Gasteiger partial charge in [-0.15, -0.1) is 0 Å². The smallest absolute Gasteiger partial charge is 0.276 e. The summed E-state index contributed by atoms with van der Waals surface area (Å²) < 4.78 is 28.0. The van der Waals surface area contributed by atoms with Gasteiger partial charge in [-0.2, -0.15) is 19.7 Å². The fraction of sp³-hybridized carbons (Fsp3) is 0.526. The molecule has 148 valence electrons. The standard InChI is InChI=1S/C19H23N5O3S/c25-19(17-8-20-22-21-17)23-9-15-10-24(28(26,27)12-13-6-7-13)18(16(15)11-23)14-4-2-1-3-5-14/h1-5,8,13,15-16,18H,6-7,9-12H2,(H,20,21,22)/t15-,16-,18+/m0/s1. The third-order valence-corrected chi connectivity index (χ3v) is 8.17. The van der Waals surface area contributed by atoms with Gasteiger partial charge in [-0.1, -0.05) is 30.3 Å². The van der Waals surface area contributed by atoms with Gasteiger partial charge in [0.05, 0.1) is 18.0 Å². The van der Waals surface area contributed by atoms with Gasteiger partial charge < -0.3 is 4.90 Å². The van der Waals surface area contributed by atoms with Crippen molar-refractivity contribution in [2.24, 2.45) is 17.8 Å². The number of likely N-dealkylation sites (tertiary alicyclic amines) is 1. The second-order valence-corrected chi connectivity index (χ2v) is 10.1. The first kappa shape index (κ1) is 17.8. The Labute approximate surface area is 164 Å². The third-order valence-electron chi connectivity index (χ3n) is 6.18. The largest absolute Gasteiger partial charge is 0.336 e. The van der Waals surface area contributed by atoms with Crippen molar-refractivity contribution in [3.63, 3.8) is 0 Å². The molecular formula is C19H23N5O3S. The van der Waals surface area contributed by atoms with E-state index >= 15 is 0 Å². The summed E-state index contributed by atoms with van der Waals surface area (Å²) >= 11 is 0. The highest BCUT2D eigenvalue weighted by Gasteiger charge is 2.52. The summed E-state index contributed by atoms with van der Waals surface area (Å²) in [4.78, 5) is 14.5. The number of hydrogen-bond acceptors (Lipinski definition) is 5. The van der Waals surface area contributed by atoms with Crippen LogP contribution < -0.4 is 0 Å². The van der Waals surface area contributed by atoms with Crippen molar-refractivity contribution in [2.45, 2.75) is 18.9 Å². The van der Waals surface area contributed by atoms with Gasteiger partial charge in [-0.3, -0.25) is 4.79 Å². The van der Waals surface area contributed by atoms with Crippen LogP contribution in [0.25, 0.3) is 0 Å². The average Bonchev–Trinajstić information content (AvgIpc) is 3.11. The molecule has 8 nitrogen and oxygen atoms in total. The van der Waals surface area contributed by atoms with Gasteiger partial charge in [0.1, 0.15) is 0 Å². The maximum Gasteiger partial charge on any atom is 0.276 e. The van der Waals surface area contributed by atoms with E-state index in [0.29, 0.717) is 31.2 Å². The number of rotatable bonds is 5. The fourth-order valence-electron chi connectivity index (χ4n) is 4.67. The van der Waals surface area contributed by atoms with Crippen LogP contribution in [-0.4, -0.2) is 64.3 Å². The number of hydrogen-bond donors (Lipinski definition) is 1. The number of carbonyl (C=O) groups excluding carboxylic acids is 1. The predicted molar refractivity (Wildman–Crippen MR) is 102 cm³/mol. The van der Waals surface area contributed by atoms with Crippen molar-refractivity contribution in [2.75, 3.05) is 25.4 Å².